The minimum absolute atomic E-state index is 0.0223. The van der Waals surface area contributed by atoms with E-state index in [1.807, 2.05) is 6.92 Å². The highest BCUT2D eigenvalue weighted by Gasteiger charge is 2.33. The smallest absolute Gasteiger partial charge is 0.245 e. The molecule has 0 aliphatic carbocycles. The maximum Gasteiger partial charge on any atom is 0.245 e. The molecule has 7 nitrogen and oxygen atoms in total. The first-order valence-corrected chi connectivity index (χ1v) is 11.0. The van der Waals surface area contributed by atoms with E-state index in [0.29, 0.717) is 42.9 Å². The highest BCUT2D eigenvalue weighted by atomic mass is 32.2. The number of fused-ring (bicyclic) bond motifs is 1. The number of rotatable bonds is 5. The number of nitrogens with zero attached hydrogens (tertiary/aromatic N) is 3. The average molecular weight is 397 g/mol. The second-order valence-corrected chi connectivity index (χ2v) is 9.54. The van der Waals surface area contributed by atoms with Crippen molar-refractivity contribution >= 4 is 38.7 Å². The lowest BCUT2D eigenvalue weighted by atomic mass is 9.96. The van der Waals surface area contributed by atoms with Crippen LogP contribution in [-0.4, -0.2) is 46.5 Å². The van der Waals surface area contributed by atoms with Crippen molar-refractivity contribution in [3.05, 3.63) is 18.2 Å². The van der Waals surface area contributed by atoms with Gasteiger partial charge in [0, 0.05) is 25.0 Å². The topological polar surface area (TPSA) is 92.3 Å². The molecule has 2 heterocycles. The molecule has 142 valence electrons. The molecule has 1 N–H and O–H groups in total. The number of hydrogen-bond acceptors (Lipinski definition) is 6. The van der Waals surface area contributed by atoms with Crippen LogP contribution in [0.15, 0.2) is 23.1 Å². The van der Waals surface area contributed by atoms with Gasteiger partial charge in [0.15, 0.2) is 0 Å². The van der Waals surface area contributed by atoms with Crippen LogP contribution in [0.25, 0.3) is 11.0 Å². The molecule has 1 aliphatic rings. The molecule has 1 aromatic heterocycles. The van der Waals surface area contributed by atoms with Gasteiger partial charge in [0.1, 0.15) is 15.9 Å². The first kappa shape index (κ1) is 19.2. The maximum absolute atomic E-state index is 13.0. The third-order valence-electron chi connectivity index (χ3n) is 5.06. The Bertz CT molecular complexity index is 886. The van der Waals surface area contributed by atoms with Gasteiger partial charge < -0.3 is 5.32 Å². The van der Waals surface area contributed by atoms with Gasteiger partial charge >= 0.3 is 0 Å². The van der Waals surface area contributed by atoms with Crippen LogP contribution in [0.5, 0.6) is 0 Å². The zero-order chi connectivity index (χ0) is 18.9. The van der Waals surface area contributed by atoms with Crippen molar-refractivity contribution in [2.75, 3.05) is 13.1 Å². The van der Waals surface area contributed by atoms with Crippen LogP contribution in [0, 0.1) is 11.8 Å². The fourth-order valence-corrected chi connectivity index (χ4v) is 5.22. The Labute approximate surface area is 158 Å². The van der Waals surface area contributed by atoms with Crippen molar-refractivity contribution in [1.82, 2.24) is 18.4 Å². The number of carbonyl (C=O) groups is 1. The molecule has 3 rings (SSSR count). The zero-order valence-corrected chi connectivity index (χ0v) is 16.8. The highest BCUT2D eigenvalue weighted by molar-refractivity contribution is 7.89. The van der Waals surface area contributed by atoms with Gasteiger partial charge in [-0.2, -0.15) is 13.1 Å². The lowest BCUT2D eigenvalue weighted by molar-refractivity contribution is -0.127. The number of piperidine rings is 1. The number of aromatic nitrogens is 2. The van der Waals surface area contributed by atoms with Gasteiger partial charge in [-0.05, 0) is 37.8 Å². The van der Waals surface area contributed by atoms with Crippen LogP contribution in [0.4, 0.5) is 0 Å². The number of carbonyl (C=O) groups excluding carboxylic acids is 1. The maximum atomic E-state index is 13.0. The number of nitrogens with one attached hydrogen (secondary N) is 1. The summed E-state index contributed by atoms with van der Waals surface area (Å²) in [5.41, 5.74) is 1.01. The molecular weight excluding hydrogens is 372 g/mol. The summed E-state index contributed by atoms with van der Waals surface area (Å²) in [6.07, 6.45) is 1.06. The van der Waals surface area contributed by atoms with Gasteiger partial charge in [0.25, 0.3) is 0 Å². The van der Waals surface area contributed by atoms with Crippen LogP contribution in [0.1, 0.15) is 33.6 Å². The largest absolute Gasteiger partial charge is 0.353 e. The normalized spacial score (nSPS) is 18.3. The van der Waals surface area contributed by atoms with E-state index in [1.165, 1.54) is 4.31 Å². The van der Waals surface area contributed by atoms with E-state index >= 15 is 0 Å². The van der Waals surface area contributed by atoms with E-state index in [0.717, 1.165) is 11.7 Å². The Kier molecular flexibility index (Phi) is 5.59. The first-order chi connectivity index (χ1) is 12.3. The van der Waals surface area contributed by atoms with Crippen molar-refractivity contribution in [3.8, 4) is 0 Å². The molecule has 1 aromatic carbocycles. The summed E-state index contributed by atoms with van der Waals surface area (Å²) in [6.45, 7) is 6.79. The van der Waals surface area contributed by atoms with Crippen LogP contribution in [-0.2, 0) is 14.8 Å². The number of sulfonamides is 1. The van der Waals surface area contributed by atoms with Crippen LogP contribution in [0.2, 0.25) is 0 Å². The zero-order valence-electron chi connectivity index (χ0n) is 15.2. The Morgan fingerprint density at radius 3 is 2.58 bits per heavy atom. The Morgan fingerprint density at radius 1 is 1.23 bits per heavy atom. The molecule has 1 atom stereocenters. The Morgan fingerprint density at radius 2 is 1.92 bits per heavy atom. The summed E-state index contributed by atoms with van der Waals surface area (Å²) in [5.74, 6) is 0.250. The van der Waals surface area contributed by atoms with Gasteiger partial charge in [-0.15, -0.1) is 0 Å². The van der Waals surface area contributed by atoms with E-state index in [9.17, 15) is 13.2 Å². The lowest BCUT2D eigenvalue weighted by Gasteiger charge is -2.31. The van der Waals surface area contributed by atoms with E-state index in [2.05, 4.69) is 27.9 Å². The molecule has 0 spiro atoms. The molecule has 26 heavy (non-hydrogen) atoms. The fourth-order valence-electron chi connectivity index (χ4n) is 3.00. The monoisotopic (exact) mass is 396 g/mol. The summed E-state index contributed by atoms with van der Waals surface area (Å²) >= 11 is 1.01. The minimum atomic E-state index is -3.64. The second-order valence-electron chi connectivity index (χ2n) is 7.11. The lowest BCUT2D eigenvalue weighted by Crippen LogP contribution is -2.45. The summed E-state index contributed by atoms with van der Waals surface area (Å²) in [6, 6.07) is 5.12. The molecule has 9 heteroatoms. The summed E-state index contributed by atoms with van der Waals surface area (Å²) < 4.78 is 35.7. The molecule has 0 radical (unpaired) electrons. The Balaban J connectivity index is 1.69. The predicted octanol–water partition coefficient (Wildman–Crippen LogP) is 2.25. The molecule has 1 fully saturated rings. The van der Waals surface area contributed by atoms with E-state index in [4.69, 9.17) is 0 Å². The molecule has 1 unspecified atom stereocenters. The van der Waals surface area contributed by atoms with E-state index < -0.39 is 10.0 Å². The summed E-state index contributed by atoms with van der Waals surface area (Å²) in [4.78, 5) is 12.6. The van der Waals surface area contributed by atoms with Gasteiger partial charge in [-0.3, -0.25) is 4.79 Å². The Hall–Kier alpha value is -1.58. The van der Waals surface area contributed by atoms with Gasteiger partial charge in [-0.25, -0.2) is 8.42 Å². The van der Waals surface area contributed by atoms with E-state index in [1.54, 1.807) is 18.2 Å². The third kappa shape index (κ3) is 3.74. The highest BCUT2D eigenvalue weighted by Crippen LogP contribution is 2.28. The molecule has 1 amide bonds. The number of amides is 1. The molecule has 1 aliphatic heterocycles. The van der Waals surface area contributed by atoms with Gasteiger partial charge in [0.2, 0.25) is 15.9 Å². The van der Waals surface area contributed by atoms with Crippen LogP contribution < -0.4 is 5.32 Å². The van der Waals surface area contributed by atoms with Crippen molar-refractivity contribution in [3.63, 3.8) is 0 Å². The SMILES string of the molecule is CC(C)C(C)NC(=O)C1CCN(S(=O)(=O)c2cccc3nsnc23)CC1. The quantitative estimate of drug-likeness (QED) is 0.837. The predicted molar refractivity (Wildman–Crippen MR) is 101 cm³/mol. The molecule has 0 saturated carbocycles. The minimum Gasteiger partial charge on any atom is -0.353 e. The summed E-state index contributed by atoms with van der Waals surface area (Å²) in [7, 11) is -3.64. The number of hydrogen-bond donors (Lipinski definition) is 1. The van der Waals surface area contributed by atoms with E-state index in [-0.39, 0.29) is 22.8 Å². The molecule has 1 saturated heterocycles. The van der Waals surface area contributed by atoms with Crippen molar-refractivity contribution < 1.29 is 13.2 Å². The molecule has 2 aromatic rings. The van der Waals surface area contributed by atoms with Crippen LogP contribution >= 0.6 is 11.7 Å². The van der Waals surface area contributed by atoms with Gasteiger partial charge in [-0.1, -0.05) is 19.9 Å². The van der Waals surface area contributed by atoms with Gasteiger partial charge in [0.05, 0.1) is 11.7 Å². The summed E-state index contributed by atoms with van der Waals surface area (Å²) in [5, 5.41) is 3.03. The first-order valence-electron chi connectivity index (χ1n) is 8.82. The van der Waals surface area contributed by atoms with Crippen molar-refractivity contribution in [1.29, 1.82) is 0 Å². The third-order valence-corrected chi connectivity index (χ3v) is 7.53. The van der Waals surface area contributed by atoms with Crippen molar-refractivity contribution in [2.45, 2.75) is 44.6 Å². The number of benzene rings is 1. The molecular formula is C17H24N4O3S2. The molecule has 0 bridgehead atoms. The average Bonchev–Trinajstić information content (AvgIpc) is 3.10. The second kappa shape index (κ2) is 7.58. The van der Waals surface area contributed by atoms with Crippen molar-refractivity contribution in [2.24, 2.45) is 11.8 Å². The van der Waals surface area contributed by atoms with Crippen LogP contribution in [0.3, 0.4) is 0 Å². The standard InChI is InChI=1S/C17H24N4O3S2/c1-11(2)12(3)18-17(22)13-7-9-21(10-8-13)26(23,24)15-6-4-5-14-16(15)20-25-19-14/h4-6,11-13H,7-10H2,1-3H3,(H,18,22). The fraction of sp³-hybridized carbons (Fsp3) is 0.588.